The number of carboxylic acid groups (broad SMARTS) is 1. The van der Waals surface area contributed by atoms with Gasteiger partial charge < -0.3 is 15.3 Å². The van der Waals surface area contributed by atoms with Crippen molar-refractivity contribution in [3.63, 3.8) is 0 Å². The Morgan fingerprint density at radius 3 is 2.28 bits per heavy atom. The van der Waals surface area contributed by atoms with Crippen LogP contribution in [0.25, 0.3) is 0 Å². The summed E-state index contributed by atoms with van der Waals surface area (Å²) < 4.78 is 0. The van der Waals surface area contributed by atoms with Gasteiger partial charge >= 0.3 is 12.0 Å². The molecule has 0 spiro atoms. The molecule has 1 atom stereocenters. The number of hydrogen-bond donors (Lipinski definition) is 2. The van der Waals surface area contributed by atoms with E-state index in [1.165, 1.54) is 17.7 Å². The minimum absolute atomic E-state index is 0.188. The fourth-order valence-electron chi connectivity index (χ4n) is 2.95. The summed E-state index contributed by atoms with van der Waals surface area (Å²) in [6.07, 6.45) is 8.22. The number of nitrogens with zero attached hydrogens (tertiary/aromatic N) is 1. The van der Waals surface area contributed by atoms with Crippen LogP contribution >= 0.6 is 0 Å². The van der Waals surface area contributed by atoms with E-state index in [4.69, 9.17) is 5.11 Å². The van der Waals surface area contributed by atoms with Gasteiger partial charge in [-0.05, 0) is 25.7 Å². The van der Waals surface area contributed by atoms with Crippen LogP contribution in [-0.4, -0.2) is 40.6 Å². The number of urea groups is 1. The molecule has 102 valence electrons. The number of rotatable bonds is 2. The summed E-state index contributed by atoms with van der Waals surface area (Å²) in [4.78, 5) is 24.6. The molecule has 18 heavy (non-hydrogen) atoms. The Kier molecular flexibility index (Phi) is 4.44. The van der Waals surface area contributed by atoms with Gasteiger partial charge in [0.15, 0.2) is 0 Å². The van der Waals surface area contributed by atoms with Gasteiger partial charge in [0, 0.05) is 12.6 Å². The van der Waals surface area contributed by atoms with Gasteiger partial charge in [0.05, 0.1) is 0 Å². The zero-order valence-corrected chi connectivity index (χ0v) is 10.7. The molecule has 1 aliphatic carbocycles. The largest absolute Gasteiger partial charge is 0.480 e. The van der Waals surface area contributed by atoms with Gasteiger partial charge in [-0.25, -0.2) is 9.59 Å². The third kappa shape index (κ3) is 3.15. The second-order valence-electron chi connectivity index (χ2n) is 5.33. The van der Waals surface area contributed by atoms with Gasteiger partial charge in [0.1, 0.15) is 6.04 Å². The topological polar surface area (TPSA) is 69.6 Å². The van der Waals surface area contributed by atoms with E-state index in [-0.39, 0.29) is 12.1 Å². The second kappa shape index (κ2) is 6.07. The summed E-state index contributed by atoms with van der Waals surface area (Å²) in [7, 11) is 0. The maximum absolute atomic E-state index is 12.1. The lowest BCUT2D eigenvalue weighted by Crippen LogP contribution is -2.49. The lowest BCUT2D eigenvalue weighted by molar-refractivity contribution is -0.141. The van der Waals surface area contributed by atoms with Crippen molar-refractivity contribution in [3.05, 3.63) is 0 Å². The monoisotopic (exact) mass is 254 g/mol. The molecule has 5 nitrogen and oxygen atoms in total. The van der Waals surface area contributed by atoms with Crippen molar-refractivity contribution < 1.29 is 14.7 Å². The molecule has 0 aromatic carbocycles. The number of likely N-dealkylation sites (tertiary alicyclic amines) is 1. The second-order valence-corrected chi connectivity index (χ2v) is 5.33. The first-order valence-corrected chi connectivity index (χ1v) is 6.98. The minimum Gasteiger partial charge on any atom is -0.480 e. The first kappa shape index (κ1) is 13.2. The highest BCUT2D eigenvalue weighted by molar-refractivity contribution is 5.83. The van der Waals surface area contributed by atoms with E-state index < -0.39 is 12.0 Å². The van der Waals surface area contributed by atoms with Crippen LogP contribution in [0, 0.1) is 0 Å². The predicted molar refractivity (Wildman–Crippen MR) is 67.4 cm³/mol. The van der Waals surface area contributed by atoms with E-state index in [1.54, 1.807) is 0 Å². The molecular formula is C13H22N2O3. The summed E-state index contributed by atoms with van der Waals surface area (Å²) in [5, 5.41) is 12.1. The van der Waals surface area contributed by atoms with Crippen LogP contribution in [0.1, 0.15) is 51.4 Å². The first-order chi connectivity index (χ1) is 8.68. The molecule has 2 aliphatic rings. The Hall–Kier alpha value is -1.26. The van der Waals surface area contributed by atoms with Gasteiger partial charge in [0.25, 0.3) is 0 Å². The predicted octanol–water partition coefficient (Wildman–Crippen LogP) is 1.97. The molecule has 5 heteroatoms. The lowest BCUT2D eigenvalue weighted by Gasteiger charge is -2.25. The Balaban J connectivity index is 1.88. The molecule has 2 fully saturated rings. The van der Waals surface area contributed by atoms with Gasteiger partial charge in [-0.15, -0.1) is 0 Å². The number of aliphatic carboxylic acids is 1. The summed E-state index contributed by atoms with van der Waals surface area (Å²) in [5.74, 6) is -0.886. The van der Waals surface area contributed by atoms with Crippen molar-refractivity contribution in [3.8, 4) is 0 Å². The molecule has 0 aromatic heterocycles. The van der Waals surface area contributed by atoms with E-state index in [1.807, 2.05) is 0 Å². The van der Waals surface area contributed by atoms with Crippen molar-refractivity contribution in [2.24, 2.45) is 0 Å². The Bertz CT molecular complexity index is 311. The van der Waals surface area contributed by atoms with E-state index in [0.717, 1.165) is 32.1 Å². The molecule has 1 unspecified atom stereocenters. The maximum atomic E-state index is 12.1. The van der Waals surface area contributed by atoms with Gasteiger partial charge in [0.2, 0.25) is 0 Å². The van der Waals surface area contributed by atoms with Crippen LogP contribution in [0.4, 0.5) is 4.79 Å². The average Bonchev–Trinajstić information content (AvgIpc) is 2.70. The van der Waals surface area contributed by atoms with Crippen LogP contribution in [0.2, 0.25) is 0 Å². The maximum Gasteiger partial charge on any atom is 0.326 e. The van der Waals surface area contributed by atoms with Crippen LogP contribution in [0.3, 0.4) is 0 Å². The third-order valence-electron chi connectivity index (χ3n) is 3.98. The zero-order chi connectivity index (χ0) is 13.0. The summed E-state index contributed by atoms with van der Waals surface area (Å²) in [5.41, 5.74) is 0. The molecule has 1 heterocycles. The molecule has 0 bridgehead atoms. The summed E-state index contributed by atoms with van der Waals surface area (Å²) in [6, 6.07) is -0.586. The number of carbonyl (C=O) groups excluding carboxylic acids is 1. The van der Waals surface area contributed by atoms with Crippen LogP contribution in [0.5, 0.6) is 0 Å². The van der Waals surface area contributed by atoms with Crippen LogP contribution < -0.4 is 5.32 Å². The minimum atomic E-state index is -0.886. The molecular weight excluding hydrogens is 232 g/mol. The number of carboxylic acids is 1. The highest BCUT2D eigenvalue weighted by Crippen LogP contribution is 2.20. The first-order valence-electron chi connectivity index (χ1n) is 6.98. The smallest absolute Gasteiger partial charge is 0.326 e. The van der Waals surface area contributed by atoms with Gasteiger partial charge in [-0.3, -0.25) is 0 Å². The Labute approximate surface area is 108 Å². The quantitative estimate of drug-likeness (QED) is 0.740. The molecule has 1 aliphatic heterocycles. The average molecular weight is 254 g/mol. The number of hydrogen-bond acceptors (Lipinski definition) is 2. The molecule has 0 aromatic rings. The number of nitrogens with one attached hydrogen (secondary N) is 1. The van der Waals surface area contributed by atoms with E-state index in [2.05, 4.69) is 5.32 Å². The molecule has 1 saturated carbocycles. The van der Waals surface area contributed by atoms with Crippen molar-refractivity contribution in [2.75, 3.05) is 6.54 Å². The van der Waals surface area contributed by atoms with Gasteiger partial charge in [-0.1, -0.05) is 25.7 Å². The fraction of sp³-hybridized carbons (Fsp3) is 0.846. The fourth-order valence-corrected chi connectivity index (χ4v) is 2.95. The van der Waals surface area contributed by atoms with Crippen molar-refractivity contribution in [1.82, 2.24) is 10.2 Å². The standard InChI is InChI=1S/C13H22N2O3/c16-12(17)11-8-5-9-15(11)13(18)14-10-6-3-1-2-4-7-10/h10-11H,1-9H2,(H,14,18)(H,16,17). The Morgan fingerprint density at radius 2 is 1.67 bits per heavy atom. The van der Waals surface area contributed by atoms with Crippen LogP contribution in [0.15, 0.2) is 0 Å². The number of carbonyl (C=O) groups is 2. The molecule has 2 N–H and O–H groups in total. The third-order valence-corrected chi connectivity index (χ3v) is 3.98. The van der Waals surface area contributed by atoms with E-state index in [0.29, 0.717) is 13.0 Å². The van der Waals surface area contributed by atoms with Crippen molar-refractivity contribution >= 4 is 12.0 Å². The molecule has 2 amide bonds. The molecule has 1 saturated heterocycles. The summed E-state index contributed by atoms with van der Waals surface area (Å²) >= 11 is 0. The zero-order valence-electron chi connectivity index (χ0n) is 10.7. The number of amides is 2. The van der Waals surface area contributed by atoms with E-state index in [9.17, 15) is 9.59 Å². The highest BCUT2D eigenvalue weighted by atomic mass is 16.4. The Morgan fingerprint density at radius 1 is 1.00 bits per heavy atom. The SMILES string of the molecule is O=C(O)C1CCCN1C(=O)NC1CCCCCC1. The molecule has 2 rings (SSSR count). The van der Waals surface area contributed by atoms with Gasteiger partial charge in [-0.2, -0.15) is 0 Å². The lowest BCUT2D eigenvalue weighted by atomic mass is 10.1. The normalized spacial score (nSPS) is 25.8. The van der Waals surface area contributed by atoms with Crippen molar-refractivity contribution in [2.45, 2.75) is 63.5 Å². The molecule has 0 radical (unpaired) electrons. The van der Waals surface area contributed by atoms with Crippen molar-refractivity contribution in [1.29, 1.82) is 0 Å². The highest BCUT2D eigenvalue weighted by Gasteiger charge is 2.34. The summed E-state index contributed by atoms with van der Waals surface area (Å²) in [6.45, 7) is 0.565. The van der Waals surface area contributed by atoms with E-state index >= 15 is 0 Å². The van der Waals surface area contributed by atoms with Crippen LogP contribution in [-0.2, 0) is 4.79 Å².